The average molecular weight is 294 g/mol. The summed E-state index contributed by atoms with van der Waals surface area (Å²) < 4.78 is 0. The Bertz CT molecular complexity index is 424. The molecule has 1 aliphatic carbocycles. The number of amides is 1. The van der Waals surface area contributed by atoms with Gasteiger partial charge in [0.1, 0.15) is 0 Å². The Morgan fingerprint density at radius 3 is 2.80 bits per heavy atom. The first-order valence-corrected chi connectivity index (χ1v) is 8.66. The molecule has 1 aromatic rings. The summed E-state index contributed by atoms with van der Waals surface area (Å²) in [6, 6.07) is 2.60. The van der Waals surface area contributed by atoms with Crippen LogP contribution in [0.15, 0.2) is 11.4 Å². The first-order valence-electron chi connectivity index (χ1n) is 7.78. The van der Waals surface area contributed by atoms with Crippen LogP contribution in [0.3, 0.4) is 0 Å². The summed E-state index contributed by atoms with van der Waals surface area (Å²) in [4.78, 5) is 12.4. The van der Waals surface area contributed by atoms with E-state index in [1.807, 2.05) is 11.4 Å². The van der Waals surface area contributed by atoms with Gasteiger partial charge in [-0.1, -0.05) is 26.2 Å². The Morgan fingerprint density at radius 1 is 1.40 bits per heavy atom. The molecule has 2 rings (SSSR count). The lowest BCUT2D eigenvalue weighted by Crippen LogP contribution is -2.36. The van der Waals surface area contributed by atoms with E-state index in [1.165, 1.54) is 43.4 Å². The van der Waals surface area contributed by atoms with Crippen LogP contribution < -0.4 is 10.6 Å². The van der Waals surface area contributed by atoms with Crippen LogP contribution in [0.5, 0.6) is 0 Å². The summed E-state index contributed by atoms with van der Waals surface area (Å²) in [5.74, 6) is 0.835. The van der Waals surface area contributed by atoms with Crippen LogP contribution in [0.2, 0.25) is 0 Å². The summed E-state index contributed by atoms with van der Waals surface area (Å²) in [5, 5.41) is 8.67. The van der Waals surface area contributed by atoms with Gasteiger partial charge >= 0.3 is 0 Å². The predicted molar refractivity (Wildman–Crippen MR) is 86.1 cm³/mol. The second-order valence-electron chi connectivity index (χ2n) is 5.73. The van der Waals surface area contributed by atoms with Crippen LogP contribution in [-0.4, -0.2) is 11.9 Å². The number of rotatable bonds is 6. The molecule has 1 amide bonds. The van der Waals surface area contributed by atoms with E-state index in [0.29, 0.717) is 6.04 Å². The van der Waals surface area contributed by atoms with Gasteiger partial charge in [-0.15, -0.1) is 11.3 Å². The summed E-state index contributed by atoms with van der Waals surface area (Å²) in [5.41, 5.74) is 0.966. The van der Waals surface area contributed by atoms with Gasteiger partial charge in [0.2, 0.25) is 5.91 Å². The van der Waals surface area contributed by atoms with Gasteiger partial charge in [-0.05, 0) is 36.6 Å². The molecule has 0 saturated heterocycles. The molecule has 1 unspecified atom stereocenters. The fourth-order valence-corrected chi connectivity index (χ4v) is 3.96. The smallest absolute Gasteiger partial charge is 0.221 e. The second-order valence-corrected chi connectivity index (χ2v) is 6.73. The van der Waals surface area contributed by atoms with E-state index in [4.69, 9.17) is 0 Å². The fraction of sp³-hybridized carbons (Fsp3) is 0.688. The third-order valence-corrected chi connectivity index (χ3v) is 5.16. The highest BCUT2D eigenvalue weighted by Gasteiger charge is 2.22. The van der Waals surface area contributed by atoms with E-state index in [9.17, 15) is 4.79 Å². The van der Waals surface area contributed by atoms with Crippen molar-refractivity contribution in [3.63, 3.8) is 0 Å². The average Bonchev–Trinajstić information content (AvgIpc) is 2.87. The normalized spacial score (nSPS) is 17.9. The van der Waals surface area contributed by atoms with Crippen LogP contribution >= 0.6 is 11.3 Å². The Labute approximate surface area is 126 Å². The van der Waals surface area contributed by atoms with Crippen molar-refractivity contribution in [1.82, 2.24) is 5.32 Å². The lowest BCUT2D eigenvalue weighted by molar-refractivity contribution is -0.114. The van der Waals surface area contributed by atoms with Crippen molar-refractivity contribution in [3.05, 3.63) is 16.3 Å². The largest absolute Gasteiger partial charge is 0.325 e. The second kappa shape index (κ2) is 7.79. The molecule has 1 aliphatic rings. The molecule has 0 aliphatic heterocycles. The molecular formula is C16H26N2OS. The maximum absolute atomic E-state index is 11.2. The number of anilines is 1. The lowest BCUT2D eigenvalue weighted by atomic mass is 9.83. The Kier molecular flexibility index (Phi) is 6.05. The van der Waals surface area contributed by atoms with Crippen molar-refractivity contribution in [1.29, 1.82) is 0 Å². The maximum atomic E-state index is 11.2. The van der Waals surface area contributed by atoms with Crippen molar-refractivity contribution in [2.24, 2.45) is 5.92 Å². The molecule has 1 saturated carbocycles. The molecule has 1 heterocycles. The molecule has 0 aromatic carbocycles. The van der Waals surface area contributed by atoms with Gasteiger partial charge in [-0.2, -0.15) is 0 Å². The maximum Gasteiger partial charge on any atom is 0.221 e. The van der Waals surface area contributed by atoms with Crippen molar-refractivity contribution in [2.75, 3.05) is 5.32 Å². The molecule has 1 atom stereocenters. The fourth-order valence-electron chi connectivity index (χ4n) is 3.18. The van der Waals surface area contributed by atoms with Gasteiger partial charge < -0.3 is 10.6 Å². The number of thiophene rings is 1. The number of carbonyl (C=O) groups is 1. The van der Waals surface area contributed by atoms with Gasteiger partial charge in [-0.3, -0.25) is 4.79 Å². The number of hydrogen-bond acceptors (Lipinski definition) is 3. The van der Waals surface area contributed by atoms with E-state index >= 15 is 0 Å². The summed E-state index contributed by atoms with van der Waals surface area (Å²) >= 11 is 1.71. The highest BCUT2D eigenvalue weighted by Crippen LogP contribution is 2.29. The molecule has 2 N–H and O–H groups in total. The van der Waals surface area contributed by atoms with Gasteiger partial charge in [0.25, 0.3) is 0 Å². The van der Waals surface area contributed by atoms with Crippen molar-refractivity contribution in [2.45, 2.75) is 65.0 Å². The van der Waals surface area contributed by atoms with E-state index in [2.05, 4.69) is 17.6 Å². The Balaban J connectivity index is 1.89. The lowest BCUT2D eigenvalue weighted by Gasteiger charge is -2.30. The van der Waals surface area contributed by atoms with Crippen molar-refractivity contribution in [3.8, 4) is 0 Å². The minimum atomic E-state index is 0.00368. The van der Waals surface area contributed by atoms with E-state index in [0.717, 1.165) is 18.2 Å². The number of hydrogen-bond donors (Lipinski definition) is 2. The molecule has 4 heteroatoms. The zero-order valence-corrected chi connectivity index (χ0v) is 13.4. The van der Waals surface area contributed by atoms with E-state index < -0.39 is 0 Å². The van der Waals surface area contributed by atoms with E-state index in [1.54, 1.807) is 18.3 Å². The van der Waals surface area contributed by atoms with Crippen molar-refractivity contribution >= 4 is 22.9 Å². The topological polar surface area (TPSA) is 41.1 Å². The highest BCUT2D eigenvalue weighted by atomic mass is 32.1. The van der Waals surface area contributed by atoms with Crippen LogP contribution in [-0.2, 0) is 11.3 Å². The SMILES string of the molecule is CCC(NCc1sccc1NC(C)=O)C1CCCCC1. The van der Waals surface area contributed by atoms with Crippen molar-refractivity contribution < 1.29 is 4.79 Å². The molecule has 3 nitrogen and oxygen atoms in total. The van der Waals surface area contributed by atoms with Gasteiger partial charge in [-0.25, -0.2) is 0 Å². The Morgan fingerprint density at radius 2 is 2.15 bits per heavy atom. The minimum Gasteiger partial charge on any atom is -0.325 e. The first kappa shape index (κ1) is 15.5. The van der Waals surface area contributed by atoms with Gasteiger partial charge in [0, 0.05) is 24.4 Å². The van der Waals surface area contributed by atoms with Crippen LogP contribution in [0.25, 0.3) is 0 Å². The molecule has 1 fully saturated rings. The quantitative estimate of drug-likeness (QED) is 0.827. The highest BCUT2D eigenvalue weighted by molar-refractivity contribution is 7.10. The predicted octanol–water partition coefficient (Wildman–Crippen LogP) is 4.16. The summed E-state index contributed by atoms with van der Waals surface area (Å²) in [6.45, 7) is 4.70. The van der Waals surface area contributed by atoms with Gasteiger partial charge in [0.05, 0.1) is 5.69 Å². The number of carbonyl (C=O) groups excluding carboxylic acids is 1. The molecule has 0 radical (unpaired) electrons. The van der Waals surface area contributed by atoms with E-state index in [-0.39, 0.29) is 5.91 Å². The molecule has 0 bridgehead atoms. The molecule has 20 heavy (non-hydrogen) atoms. The third-order valence-electron chi connectivity index (χ3n) is 4.24. The zero-order valence-electron chi connectivity index (χ0n) is 12.6. The van der Waals surface area contributed by atoms with Gasteiger partial charge in [0.15, 0.2) is 0 Å². The Hall–Kier alpha value is -0.870. The minimum absolute atomic E-state index is 0.00368. The summed E-state index contributed by atoms with van der Waals surface area (Å²) in [6.07, 6.45) is 8.11. The monoisotopic (exact) mass is 294 g/mol. The first-order chi connectivity index (χ1) is 9.70. The summed E-state index contributed by atoms with van der Waals surface area (Å²) in [7, 11) is 0. The van der Waals surface area contributed by atoms with Crippen LogP contribution in [0, 0.1) is 5.92 Å². The standard InChI is InChI=1S/C16H26N2OS/c1-3-14(13-7-5-4-6-8-13)17-11-16-15(9-10-20-16)18-12(2)19/h9-10,13-14,17H,3-8,11H2,1-2H3,(H,18,19). The number of nitrogens with one attached hydrogen (secondary N) is 2. The molecule has 112 valence electrons. The molecule has 1 aromatic heterocycles. The van der Waals surface area contributed by atoms with Crippen LogP contribution in [0.1, 0.15) is 57.2 Å². The molecular weight excluding hydrogens is 268 g/mol. The zero-order chi connectivity index (χ0) is 14.4. The third kappa shape index (κ3) is 4.32. The van der Waals surface area contributed by atoms with Crippen LogP contribution in [0.4, 0.5) is 5.69 Å². The molecule has 0 spiro atoms.